The van der Waals surface area contributed by atoms with Gasteiger partial charge >= 0.3 is 0 Å². The molecule has 0 radical (unpaired) electrons. The van der Waals surface area contributed by atoms with Crippen LogP contribution in [-0.4, -0.2) is 21.1 Å². The molecule has 0 aromatic heterocycles. The van der Waals surface area contributed by atoms with Crippen molar-refractivity contribution in [1.82, 2.24) is 4.48 Å². The Morgan fingerprint density at radius 2 is 1.23 bits per heavy atom. The molecule has 0 saturated heterocycles. The standard InChI is InChI=1S/C12H20N/c1-9-7-12(13(4,5)6)8-10(2)11(9)3/h7-8H,1-6H3/q+1. The molecule has 0 unspecified atom stereocenters. The van der Waals surface area contributed by atoms with Crippen molar-refractivity contribution in [3.63, 3.8) is 0 Å². The Balaban J connectivity index is 3.29. The topological polar surface area (TPSA) is 0 Å². The molecule has 0 bridgehead atoms. The first-order valence-electron chi connectivity index (χ1n) is 4.72. The average molecular weight is 178 g/mol. The van der Waals surface area contributed by atoms with Crippen LogP contribution in [0.15, 0.2) is 12.1 Å². The highest BCUT2D eigenvalue weighted by Crippen LogP contribution is 2.23. The smallest absolute Gasteiger partial charge is 0.132 e. The molecular weight excluding hydrogens is 158 g/mol. The van der Waals surface area contributed by atoms with Crippen molar-refractivity contribution in [3.8, 4) is 0 Å². The molecule has 0 fully saturated rings. The highest BCUT2D eigenvalue weighted by molar-refractivity contribution is 5.50. The zero-order valence-electron chi connectivity index (χ0n) is 9.60. The lowest BCUT2D eigenvalue weighted by Crippen LogP contribution is -2.34. The van der Waals surface area contributed by atoms with Crippen molar-refractivity contribution >= 4 is 5.69 Å². The zero-order chi connectivity index (χ0) is 10.2. The highest BCUT2D eigenvalue weighted by atomic mass is 15.3. The quantitative estimate of drug-likeness (QED) is 0.580. The van der Waals surface area contributed by atoms with Gasteiger partial charge in [0, 0.05) is 12.1 Å². The van der Waals surface area contributed by atoms with Crippen LogP contribution in [0, 0.1) is 20.8 Å². The lowest BCUT2D eigenvalue weighted by atomic mass is 10.0. The first kappa shape index (κ1) is 10.3. The molecule has 1 aromatic rings. The predicted molar refractivity (Wildman–Crippen MR) is 60.2 cm³/mol. The lowest BCUT2D eigenvalue weighted by Gasteiger charge is -2.24. The van der Waals surface area contributed by atoms with Gasteiger partial charge in [0.1, 0.15) is 5.69 Å². The summed E-state index contributed by atoms with van der Waals surface area (Å²) >= 11 is 0. The summed E-state index contributed by atoms with van der Waals surface area (Å²) in [6, 6.07) is 4.56. The van der Waals surface area contributed by atoms with E-state index < -0.39 is 0 Å². The second kappa shape index (κ2) is 3.15. The Kier molecular flexibility index (Phi) is 2.49. The maximum absolute atomic E-state index is 2.28. The van der Waals surface area contributed by atoms with Gasteiger partial charge in [0.25, 0.3) is 0 Å². The van der Waals surface area contributed by atoms with Gasteiger partial charge in [-0.05, 0) is 37.5 Å². The van der Waals surface area contributed by atoms with Crippen molar-refractivity contribution in [1.29, 1.82) is 0 Å². The first-order valence-corrected chi connectivity index (χ1v) is 4.72. The number of hydrogen-bond acceptors (Lipinski definition) is 0. The largest absolute Gasteiger partial charge is 0.298 e. The molecule has 0 saturated carbocycles. The fourth-order valence-corrected chi connectivity index (χ4v) is 1.40. The summed E-state index contributed by atoms with van der Waals surface area (Å²) < 4.78 is 0.891. The monoisotopic (exact) mass is 178 g/mol. The fourth-order valence-electron chi connectivity index (χ4n) is 1.40. The molecule has 0 aliphatic rings. The third-order valence-corrected chi connectivity index (χ3v) is 2.69. The van der Waals surface area contributed by atoms with Crippen molar-refractivity contribution in [2.24, 2.45) is 0 Å². The number of rotatable bonds is 1. The zero-order valence-corrected chi connectivity index (χ0v) is 9.60. The minimum absolute atomic E-state index is 0.891. The van der Waals surface area contributed by atoms with Gasteiger partial charge in [-0.3, -0.25) is 4.48 Å². The molecule has 0 spiro atoms. The number of hydrogen-bond donors (Lipinski definition) is 0. The average Bonchev–Trinajstić information content (AvgIpc) is 1.97. The molecule has 13 heavy (non-hydrogen) atoms. The van der Waals surface area contributed by atoms with E-state index in [4.69, 9.17) is 0 Å². The maximum Gasteiger partial charge on any atom is 0.132 e. The Bertz CT molecular complexity index is 295. The van der Waals surface area contributed by atoms with Crippen LogP contribution in [-0.2, 0) is 0 Å². The van der Waals surface area contributed by atoms with Crippen molar-refractivity contribution in [3.05, 3.63) is 28.8 Å². The van der Waals surface area contributed by atoms with Crippen molar-refractivity contribution in [2.75, 3.05) is 21.1 Å². The minimum Gasteiger partial charge on any atom is -0.298 e. The molecular formula is C12H20N+. The van der Waals surface area contributed by atoms with Crippen LogP contribution in [0.4, 0.5) is 5.69 Å². The van der Waals surface area contributed by atoms with Gasteiger partial charge in [0.05, 0.1) is 21.1 Å². The number of quaternary nitrogens is 1. The summed E-state index contributed by atoms with van der Waals surface area (Å²) in [7, 11) is 6.59. The maximum atomic E-state index is 2.28. The molecule has 0 aliphatic carbocycles. The van der Waals surface area contributed by atoms with Crippen LogP contribution in [0.25, 0.3) is 0 Å². The van der Waals surface area contributed by atoms with Gasteiger partial charge in [-0.25, -0.2) is 0 Å². The van der Waals surface area contributed by atoms with E-state index in [0.717, 1.165) is 4.48 Å². The van der Waals surface area contributed by atoms with E-state index in [-0.39, 0.29) is 0 Å². The molecule has 1 heteroatoms. The molecule has 1 rings (SSSR count). The molecule has 0 N–H and O–H groups in total. The second-order valence-electron chi connectivity index (χ2n) is 4.72. The van der Waals surface area contributed by atoms with Crippen LogP contribution in [0.2, 0.25) is 0 Å². The molecule has 1 nitrogen and oxygen atoms in total. The van der Waals surface area contributed by atoms with Crippen LogP contribution in [0.3, 0.4) is 0 Å². The van der Waals surface area contributed by atoms with Gasteiger partial charge in [-0.2, -0.15) is 0 Å². The van der Waals surface area contributed by atoms with E-state index in [1.54, 1.807) is 0 Å². The van der Waals surface area contributed by atoms with E-state index in [1.807, 2.05) is 0 Å². The van der Waals surface area contributed by atoms with Gasteiger partial charge < -0.3 is 0 Å². The molecule has 0 amide bonds. The van der Waals surface area contributed by atoms with E-state index in [9.17, 15) is 0 Å². The Morgan fingerprint density at radius 3 is 1.54 bits per heavy atom. The van der Waals surface area contributed by atoms with Gasteiger partial charge in [-0.15, -0.1) is 0 Å². The summed E-state index contributed by atoms with van der Waals surface area (Å²) in [6.45, 7) is 6.55. The summed E-state index contributed by atoms with van der Waals surface area (Å²) in [5.74, 6) is 0. The van der Waals surface area contributed by atoms with Gasteiger partial charge in [-0.1, -0.05) is 0 Å². The van der Waals surface area contributed by atoms with E-state index >= 15 is 0 Å². The van der Waals surface area contributed by atoms with Crippen molar-refractivity contribution < 1.29 is 0 Å². The third-order valence-electron chi connectivity index (χ3n) is 2.69. The first-order chi connectivity index (χ1) is 5.82. The number of benzene rings is 1. The van der Waals surface area contributed by atoms with Gasteiger partial charge in [0.2, 0.25) is 0 Å². The Morgan fingerprint density at radius 1 is 0.846 bits per heavy atom. The van der Waals surface area contributed by atoms with Crippen LogP contribution < -0.4 is 4.48 Å². The molecule has 0 atom stereocenters. The highest BCUT2D eigenvalue weighted by Gasteiger charge is 2.13. The number of nitrogens with zero attached hydrogens (tertiary/aromatic N) is 1. The summed E-state index contributed by atoms with van der Waals surface area (Å²) in [4.78, 5) is 0. The molecule has 1 aromatic carbocycles. The molecule has 0 heterocycles. The fraction of sp³-hybridized carbons (Fsp3) is 0.500. The molecule has 0 aliphatic heterocycles. The third kappa shape index (κ3) is 2.10. The summed E-state index contributed by atoms with van der Waals surface area (Å²) in [6.07, 6.45) is 0. The SMILES string of the molecule is Cc1cc([N+](C)(C)C)cc(C)c1C. The lowest BCUT2D eigenvalue weighted by molar-refractivity contribution is 0.486. The molecule has 72 valence electrons. The summed E-state index contributed by atoms with van der Waals surface area (Å²) in [5, 5.41) is 0. The van der Waals surface area contributed by atoms with E-state index in [1.165, 1.54) is 22.4 Å². The van der Waals surface area contributed by atoms with Crippen LogP contribution in [0.5, 0.6) is 0 Å². The number of aryl methyl sites for hydroxylation is 2. The van der Waals surface area contributed by atoms with Crippen LogP contribution in [0.1, 0.15) is 16.7 Å². The Hall–Kier alpha value is -0.820. The second-order valence-corrected chi connectivity index (χ2v) is 4.72. The summed E-state index contributed by atoms with van der Waals surface area (Å²) in [5.41, 5.74) is 5.57. The van der Waals surface area contributed by atoms with Crippen LogP contribution >= 0.6 is 0 Å². The van der Waals surface area contributed by atoms with Crippen molar-refractivity contribution in [2.45, 2.75) is 20.8 Å². The van der Waals surface area contributed by atoms with E-state index in [2.05, 4.69) is 54.0 Å². The normalized spacial score (nSPS) is 11.8. The Labute approximate surface area is 81.6 Å². The van der Waals surface area contributed by atoms with Gasteiger partial charge in [0.15, 0.2) is 0 Å². The van der Waals surface area contributed by atoms with E-state index in [0.29, 0.717) is 0 Å². The minimum atomic E-state index is 0.891. The predicted octanol–water partition coefficient (Wildman–Crippen LogP) is 2.81.